The van der Waals surface area contributed by atoms with Gasteiger partial charge in [0.05, 0.1) is 26.4 Å². The van der Waals surface area contributed by atoms with Crippen molar-refractivity contribution in [1.82, 2.24) is 0 Å². The summed E-state index contributed by atoms with van der Waals surface area (Å²) in [5.41, 5.74) is 10.3. The molecule has 0 radical (unpaired) electrons. The Hall–Kier alpha value is -2.39. The lowest BCUT2D eigenvalue weighted by atomic mass is 10.1. The molecule has 1 aliphatic heterocycles. The van der Waals surface area contributed by atoms with E-state index in [1.54, 1.807) is 0 Å². The zero-order valence-corrected chi connectivity index (χ0v) is 18.2. The molecule has 0 amide bonds. The number of rotatable bonds is 13. The predicted octanol–water partition coefficient (Wildman–Crippen LogP) is 3.88. The summed E-state index contributed by atoms with van der Waals surface area (Å²) in [6.07, 6.45) is -3.28. The first kappa shape index (κ1) is 24.3. The number of azide groups is 1. The number of hydrogen-bond acceptors (Lipinski definition) is 7. The number of ether oxygens (including phenoxy) is 4. The minimum atomic E-state index is -2.91. The fourth-order valence-electron chi connectivity index (χ4n) is 3.26. The second-order valence-electron chi connectivity index (χ2n) is 6.94. The smallest absolute Gasteiger partial charge is 0.374 e. The van der Waals surface area contributed by atoms with Crippen LogP contribution in [0.5, 0.6) is 0 Å². The zero-order chi connectivity index (χ0) is 22.6. The van der Waals surface area contributed by atoms with Crippen LogP contribution in [0.1, 0.15) is 11.1 Å². The fourth-order valence-corrected chi connectivity index (χ4v) is 3.72. The van der Waals surface area contributed by atoms with E-state index in [1.807, 2.05) is 60.7 Å². The molecule has 5 atom stereocenters. The molecule has 3 unspecified atom stereocenters. The molecule has 1 N–H and O–H groups in total. The second kappa shape index (κ2) is 13.2. The first-order valence-electron chi connectivity index (χ1n) is 10.1. The van der Waals surface area contributed by atoms with Gasteiger partial charge in [-0.3, -0.25) is 0 Å². The lowest BCUT2D eigenvalue weighted by Crippen LogP contribution is -2.38. The predicted molar refractivity (Wildman–Crippen MR) is 114 cm³/mol. The van der Waals surface area contributed by atoms with Crippen molar-refractivity contribution in [3.63, 3.8) is 0 Å². The molecule has 0 aromatic heterocycles. The van der Waals surface area contributed by atoms with Gasteiger partial charge in [0.15, 0.2) is 12.4 Å². The average Bonchev–Trinajstić information content (AvgIpc) is 3.12. The van der Waals surface area contributed by atoms with Crippen LogP contribution >= 0.6 is 8.25 Å². The van der Waals surface area contributed by atoms with E-state index in [4.69, 9.17) is 29.0 Å². The van der Waals surface area contributed by atoms with Crippen molar-refractivity contribution in [2.45, 2.75) is 37.8 Å². The van der Waals surface area contributed by atoms with E-state index in [0.717, 1.165) is 11.1 Å². The Morgan fingerprint density at radius 3 is 2.28 bits per heavy atom. The van der Waals surface area contributed by atoms with Gasteiger partial charge < -0.3 is 18.9 Å². The van der Waals surface area contributed by atoms with Gasteiger partial charge in [0.1, 0.15) is 12.2 Å². The number of benzene rings is 2. The molecule has 10 nitrogen and oxygen atoms in total. The Morgan fingerprint density at radius 2 is 1.66 bits per heavy atom. The summed E-state index contributed by atoms with van der Waals surface area (Å²) in [7, 11) is -2.91. The summed E-state index contributed by atoms with van der Waals surface area (Å²) in [5.74, 6) is 0. The molecule has 0 bridgehead atoms. The molecule has 1 heterocycles. The Kier molecular flexibility index (Phi) is 10.0. The van der Waals surface area contributed by atoms with E-state index in [0.29, 0.717) is 6.61 Å². The zero-order valence-electron chi connectivity index (χ0n) is 17.3. The molecular weight excluding hydrogens is 437 g/mol. The van der Waals surface area contributed by atoms with Crippen LogP contribution in [0.4, 0.5) is 0 Å². The molecular formula is C21H25N3O7P+. The molecule has 1 saturated heterocycles. The van der Waals surface area contributed by atoms with Crippen LogP contribution in [0.2, 0.25) is 0 Å². The first-order chi connectivity index (χ1) is 15.7. The molecule has 1 fully saturated rings. The van der Waals surface area contributed by atoms with Crippen LogP contribution in [-0.2, 0) is 41.3 Å². The highest BCUT2D eigenvalue weighted by Gasteiger charge is 2.51. The third-order valence-electron chi connectivity index (χ3n) is 4.69. The van der Waals surface area contributed by atoms with Crippen LogP contribution in [0, 0.1) is 0 Å². The van der Waals surface area contributed by atoms with Crippen LogP contribution in [0.3, 0.4) is 0 Å². The third-order valence-corrected chi connectivity index (χ3v) is 5.12. The highest BCUT2D eigenvalue weighted by molar-refractivity contribution is 7.32. The van der Waals surface area contributed by atoms with Gasteiger partial charge in [0.25, 0.3) is 0 Å². The number of nitrogens with zero attached hydrogens (tertiary/aromatic N) is 3. The molecule has 1 aliphatic rings. The van der Waals surface area contributed by atoms with Gasteiger partial charge in [-0.15, -0.1) is 9.42 Å². The van der Waals surface area contributed by atoms with E-state index in [1.165, 1.54) is 0 Å². The van der Waals surface area contributed by atoms with Crippen LogP contribution in [-0.4, -0.2) is 49.3 Å². The lowest BCUT2D eigenvalue weighted by Gasteiger charge is -2.21. The average molecular weight is 462 g/mol. The maximum absolute atomic E-state index is 11.5. The molecule has 3 rings (SSSR count). The lowest BCUT2D eigenvalue weighted by molar-refractivity contribution is -0.182. The quantitative estimate of drug-likeness (QED) is 0.157. The maximum Gasteiger partial charge on any atom is 0.695 e. The van der Waals surface area contributed by atoms with E-state index < -0.39 is 32.9 Å². The molecule has 2 aromatic carbocycles. The Morgan fingerprint density at radius 1 is 1.00 bits per heavy atom. The topological polar surface area (TPSA) is 132 Å². The van der Waals surface area contributed by atoms with Gasteiger partial charge >= 0.3 is 8.25 Å². The first-order valence-corrected chi connectivity index (χ1v) is 11.2. The highest BCUT2D eigenvalue weighted by atomic mass is 31.1. The number of hydrogen-bond donors (Lipinski definition) is 1. The van der Waals surface area contributed by atoms with Crippen LogP contribution in [0.15, 0.2) is 65.8 Å². The van der Waals surface area contributed by atoms with Gasteiger partial charge in [-0.1, -0.05) is 65.8 Å². The highest BCUT2D eigenvalue weighted by Crippen LogP contribution is 2.34. The molecule has 11 heteroatoms. The minimum Gasteiger partial charge on any atom is -0.374 e. The van der Waals surface area contributed by atoms with Crippen molar-refractivity contribution in [2.75, 3.05) is 19.8 Å². The Balaban J connectivity index is 1.67. The normalized spacial score (nSPS) is 23.0. The van der Waals surface area contributed by atoms with Crippen molar-refractivity contribution in [2.24, 2.45) is 5.11 Å². The van der Waals surface area contributed by atoms with E-state index in [-0.39, 0.29) is 26.4 Å². The summed E-state index contributed by atoms with van der Waals surface area (Å²) in [6, 6.07) is 19.1. The second-order valence-corrected chi connectivity index (χ2v) is 7.62. The summed E-state index contributed by atoms with van der Waals surface area (Å²) in [4.78, 5) is 12.1. The van der Waals surface area contributed by atoms with Crippen LogP contribution in [0.25, 0.3) is 10.4 Å². The summed E-state index contributed by atoms with van der Waals surface area (Å²) in [5, 5.41) is 3.44. The summed E-state index contributed by atoms with van der Waals surface area (Å²) >= 11 is 0. The molecule has 0 aliphatic carbocycles. The van der Waals surface area contributed by atoms with E-state index in [9.17, 15) is 9.46 Å². The largest absolute Gasteiger partial charge is 0.695 e. The Labute approximate surface area is 186 Å². The van der Waals surface area contributed by atoms with Crippen LogP contribution < -0.4 is 0 Å². The van der Waals surface area contributed by atoms with Gasteiger partial charge in [-0.25, -0.2) is 0 Å². The van der Waals surface area contributed by atoms with E-state index >= 15 is 0 Å². The van der Waals surface area contributed by atoms with Gasteiger partial charge in [-0.2, -0.15) is 0 Å². The van der Waals surface area contributed by atoms with Gasteiger partial charge in [-0.05, 0) is 16.7 Å². The van der Waals surface area contributed by atoms with E-state index in [2.05, 4.69) is 10.0 Å². The minimum absolute atomic E-state index is 0.0928. The fraction of sp³-hybridized carbons (Fsp3) is 0.429. The SMILES string of the molecule is [N-]=[N+]=NCCO[C@@H]1O[C@H](COCc2ccccc2)C(O[P+](=O)O)C1OCc1ccccc1. The molecule has 32 heavy (non-hydrogen) atoms. The molecule has 0 saturated carbocycles. The summed E-state index contributed by atoms with van der Waals surface area (Å²) in [6.45, 7) is 0.873. The summed E-state index contributed by atoms with van der Waals surface area (Å²) < 4.78 is 40.1. The van der Waals surface area contributed by atoms with Crippen molar-refractivity contribution >= 4 is 8.25 Å². The van der Waals surface area contributed by atoms with Crippen molar-refractivity contribution in [3.8, 4) is 0 Å². The van der Waals surface area contributed by atoms with Crippen molar-refractivity contribution < 1.29 is 32.9 Å². The molecule has 2 aromatic rings. The van der Waals surface area contributed by atoms with Crippen molar-refractivity contribution in [3.05, 3.63) is 82.2 Å². The molecule has 170 valence electrons. The maximum atomic E-state index is 11.5. The van der Waals surface area contributed by atoms with Gasteiger partial charge in [0, 0.05) is 16.0 Å². The Bertz CT molecular complexity index is 883. The third kappa shape index (κ3) is 7.63. The van der Waals surface area contributed by atoms with Crippen molar-refractivity contribution in [1.29, 1.82) is 0 Å². The van der Waals surface area contributed by atoms with Gasteiger partial charge in [0.2, 0.25) is 0 Å². The molecule has 0 spiro atoms. The standard InChI is InChI=1S/C21H24N3O7P/c22-24-23-11-12-28-21-20(29-14-17-9-5-2-6-10-17)19(31-32(25)26)18(30-21)15-27-13-16-7-3-1-4-8-16/h1-10,18-21H,11-15H2/p+1/t18-,19?,20?,21-/m1/s1. The monoisotopic (exact) mass is 462 g/mol.